The fourth-order valence-corrected chi connectivity index (χ4v) is 5.72. The zero-order valence-electron chi connectivity index (χ0n) is 24.9. The molecule has 1 aliphatic rings. The molecule has 222 valence electrons. The topological polar surface area (TPSA) is 38.1 Å². The summed E-state index contributed by atoms with van der Waals surface area (Å²) >= 11 is 0. The molecule has 5 aromatic carbocycles. The largest absolute Gasteiger partial charge is 0.252 e. The Kier molecular flexibility index (Phi) is 7.96. The molecule has 0 bridgehead atoms. The first-order valence-corrected chi connectivity index (χ1v) is 15.1. The minimum absolute atomic E-state index is 0.359. The SMILES string of the molecule is C=C(C(=Nc1cccc(-c2ccc3nc(-c4ccccc4)c(-c4ccccc4F)nc3c2)c1)[C@H]1C=CC=CC1F)c1ccccc1. The van der Waals surface area contributed by atoms with Crippen LogP contribution in [0.15, 0.2) is 163 Å². The van der Waals surface area contributed by atoms with Crippen molar-refractivity contribution in [3.05, 3.63) is 170 Å². The maximum Gasteiger partial charge on any atom is 0.132 e. The molecule has 0 radical (unpaired) electrons. The maximum atomic E-state index is 15.2. The summed E-state index contributed by atoms with van der Waals surface area (Å²) in [5.41, 5.74) is 8.31. The molecular formula is C41H29F2N3. The molecule has 6 aromatic rings. The van der Waals surface area contributed by atoms with Crippen molar-refractivity contribution in [2.45, 2.75) is 6.17 Å². The molecule has 0 fully saturated rings. The summed E-state index contributed by atoms with van der Waals surface area (Å²) in [6, 6.07) is 39.7. The Morgan fingerprint density at radius 1 is 0.630 bits per heavy atom. The van der Waals surface area contributed by atoms with E-state index in [0.29, 0.717) is 45.0 Å². The van der Waals surface area contributed by atoms with Crippen molar-refractivity contribution in [1.29, 1.82) is 0 Å². The van der Waals surface area contributed by atoms with Gasteiger partial charge in [-0.2, -0.15) is 0 Å². The van der Waals surface area contributed by atoms with Gasteiger partial charge >= 0.3 is 0 Å². The highest BCUT2D eigenvalue weighted by Gasteiger charge is 2.26. The Bertz CT molecular complexity index is 2150. The third-order valence-corrected chi connectivity index (χ3v) is 8.08. The van der Waals surface area contributed by atoms with Gasteiger partial charge in [-0.1, -0.05) is 116 Å². The number of aromatic nitrogens is 2. The van der Waals surface area contributed by atoms with Crippen LogP contribution in [-0.4, -0.2) is 21.9 Å². The number of rotatable bonds is 7. The number of hydrogen-bond acceptors (Lipinski definition) is 3. The van der Waals surface area contributed by atoms with Crippen molar-refractivity contribution in [3.63, 3.8) is 0 Å². The molecule has 1 aliphatic carbocycles. The molecule has 5 heteroatoms. The van der Waals surface area contributed by atoms with E-state index in [0.717, 1.165) is 22.3 Å². The summed E-state index contributed by atoms with van der Waals surface area (Å²) in [4.78, 5) is 14.9. The van der Waals surface area contributed by atoms with Gasteiger partial charge in [0.15, 0.2) is 0 Å². The number of hydrogen-bond donors (Lipinski definition) is 0. The lowest BCUT2D eigenvalue weighted by atomic mass is 9.87. The Morgan fingerprint density at radius 3 is 2.09 bits per heavy atom. The minimum atomic E-state index is -1.21. The van der Waals surface area contributed by atoms with E-state index in [1.54, 1.807) is 30.4 Å². The highest BCUT2D eigenvalue weighted by molar-refractivity contribution is 6.25. The van der Waals surface area contributed by atoms with E-state index in [4.69, 9.17) is 15.0 Å². The molecule has 0 saturated heterocycles. The van der Waals surface area contributed by atoms with Crippen LogP contribution in [0.3, 0.4) is 0 Å². The standard InChI is InChI=1S/C41H29F2N3/c1-27(28-13-4-2-5-14-28)39(33-19-8-10-21-35(33)42)44-32-18-12-17-30(25-32)31-23-24-37-38(26-31)46-41(34-20-9-11-22-36(34)43)40(45-37)29-15-6-3-7-16-29/h2-26,33,35H,1H2/t33-,35?/m0/s1. The fraction of sp³-hybridized carbons (Fsp3) is 0.0488. The number of halogens is 2. The van der Waals surface area contributed by atoms with Crippen molar-refractivity contribution in [2.75, 3.05) is 0 Å². The zero-order chi connectivity index (χ0) is 31.5. The van der Waals surface area contributed by atoms with Crippen molar-refractivity contribution in [3.8, 4) is 33.6 Å². The monoisotopic (exact) mass is 601 g/mol. The smallest absolute Gasteiger partial charge is 0.132 e. The molecule has 0 amide bonds. The number of nitrogens with zero attached hydrogens (tertiary/aromatic N) is 3. The van der Waals surface area contributed by atoms with Crippen molar-refractivity contribution < 1.29 is 8.78 Å². The summed E-state index contributed by atoms with van der Waals surface area (Å²) < 4.78 is 30.3. The van der Waals surface area contributed by atoms with Crippen LogP contribution in [0.25, 0.3) is 50.2 Å². The predicted octanol–water partition coefficient (Wildman–Crippen LogP) is 10.6. The first kappa shape index (κ1) is 28.9. The van der Waals surface area contributed by atoms with E-state index < -0.39 is 12.1 Å². The average Bonchev–Trinajstić information content (AvgIpc) is 3.11. The zero-order valence-corrected chi connectivity index (χ0v) is 24.9. The number of allylic oxidation sites excluding steroid dienone is 5. The quantitative estimate of drug-likeness (QED) is 0.171. The first-order chi connectivity index (χ1) is 22.5. The van der Waals surface area contributed by atoms with Gasteiger partial charge in [0.2, 0.25) is 0 Å². The highest BCUT2D eigenvalue weighted by Crippen LogP contribution is 2.35. The Balaban J connectivity index is 1.32. The number of benzene rings is 5. The Morgan fingerprint density at radius 2 is 1.30 bits per heavy atom. The van der Waals surface area contributed by atoms with Crippen LogP contribution in [0.2, 0.25) is 0 Å². The van der Waals surface area contributed by atoms with E-state index in [2.05, 4.69) is 6.58 Å². The van der Waals surface area contributed by atoms with Gasteiger partial charge in [-0.05, 0) is 64.7 Å². The first-order valence-electron chi connectivity index (χ1n) is 15.1. The van der Waals surface area contributed by atoms with Gasteiger partial charge in [0.25, 0.3) is 0 Å². The van der Waals surface area contributed by atoms with Crippen LogP contribution in [0.5, 0.6) is 0 Å². The van der Waals surface area contributed by atoms with E-state index in [1.165, 1.54) is 6.07 Å². The maximum absolute atomic E-state index is 15.2. The van der Waals surface area contributed by atoms with Gasteiger partial charge in [0.1, 0.15) is 17.7 Å². The molecule has 1 heterocycles. The fourth-order valence-electron chi connectivity index (χ4n) is 5.72. The van der Waals surface area contributed by atoms with Crippen LogP contribution in [0, 0.1) is 11.7 Å². The normalized spacial score (nSPS) is 16.1. The third kappa shape index (κ3) is 5.83. The van der Waals surface area contributed by atoms with Gasteiger partial charge in [0.05, 0.1) is 34.0 Å². The lowest BCUT2D eigenvalue weighted by molar-refractivity contribution is 0.366. The number of aliphatic imine (C=N–C) groups is 1. The molecule has 46 heavy (non-hydrogen) atoms. The summed E-state index contributed by atoms with van der Waals surface area (Å²) in [7, 11) is 0. The average molecular weight is 602 g/mol. The summed E-state index contributed by atoms with van der Waals surface area (Å²) in [5.74, 6) is -0.922. The lowest BCUT2D eigenvalue weighted by Gasteiger charge is -2.22. The van der Waals surface area contributed by atoms with Crippen LogP contribution in [0.1, 0.15) is 5.56 Å². The number of fused-ring (bicyclic) bond motifs is 1. The van der Waals surface area contributed by atoms with Gasteiger partial charge in [0, 0.05) is 11.1 Å². The summed E-state index contributed by atoms with van der Waals surface area (Å²) in [6.07, 6.45) is 5.73. The lowest BCUT2D eigenvalue weighted by Crippen LogP contribution is -2.24. The second-order valence-corrected chi connectivity index (χ2v) is 11.1. The molecule has 1 unspecified atom stereocenters. The van der Waals surface area contributed by atoms with E-state index in [1.807, 2.05) is 115 Å². The van der Waals surface area contributed by atoms with Crippen molar-refractivity contribution in [1.82, 2.24) is 9.97 Å². The second kappa shape index (κ2) is 12.7. The summed E-state index contributed by atoms with van der Waals surface area (Å²) in [6.45, 7) is 4.32. The van der Waals surface area contributed by atoms with Crippen LogP contribution in [-0.2, 0) is 0 Å². The number of alkyl halides is 1. The molecule has 7 rings (SSSR count). The molecule has 0 aliphatic heterocycles. The van der Waals surface area contributed by atoms with Gasteiger partial charge in [-0.3, -0.25) is 4.99 Å². The molecule has 1 aromatic heterocycles. The molecular weight excluding hydrogens is 572 g/mol. The molecule has 0 saturated carbocycles. The highest BCUT2D eigenvalue weighted by atomic mass is 19.1. The van der Waals surface area contributed by atoms with Crippen LogP contribution < -0.4 is 0 Å². The molecule has 2 atom stereocenters. The van der Waals surface area contributed by atoms with Crippen LogP contribution in [0.4, 0.5) is 14.5 Å². The van der Waals surface area contributed by atoms with Crippen molar-refractivity contribution >= 4 is 28.0 Å². The Labute approximate surface area is 266 Å². The van der Waals surface area contributed by atoms with Crippen molar-refractivity contribution in [2.24, 2.45) is 10.9 Å². The van der Waals surface area contributed by atoms with E-state index in [9.17, 15) is 0 Å². The third-order valence-electron chi connectivity index (χ3n) is 8.08. The Hall–Kier alpha value is -5.81. The van der Waals surface area contributed by atoms with Gasteiger partial charge in [-0.15, -0.1) is 0 Å². The minimum Gasteiger partial charge on any atom is -0.252 e. The molecule has 0 spiro atoms. The molecule has 3 nitrogen and oxygen atoms in total. The summed E-state index contributed by atoms with van der Waals surface area (Å²) in [5, 5.41) is 0. The van der Waals surface area contributed by atoms with Gasteiger partial charge in [-0.25, -0.2) is 18.7 Å². The second-order valence-electron chi connectivity index (χ2n) is 11.1. The van der Waals surface area contributed by atoms with Crippen LogP contribution >= 0.6 is 0 Å². The van der Waals surface area contributed by atoms with Gasteiger partial charge < -0.3 is 0 Å². The van der Waals surface area contributed by atoms with E-state index >= 15 is 8.78 Å². The van der Waals surface area contributed by atoms with E-state index in [-0.39, 0.29) is 5.82 Å². The predicted molar refractivity (Wildman–Crippen MR) is 185 cm³/mol. The molecule has 0 N–H and O–H groups in total.